The van der Waals surface area contributed by atoms with Crippen LogP contribution >= 0.6 is 0 Å². The lowest BCUT2D eigenvalue weighted by atomic mass is 9.76. The number of benzene rings is 1. The van der Waals surface area contributed by atoms with Gasteiger partial charge in [-0.15, -0.1) is 0 Å². The lowest BCUT2D eigenvalue weighted by molar-refractivity contribution is -0.146. The van der Waals surface area contributed by atoms with Gasteiger partial charge in [-0.2, -0.15) is 0 Å². The van der Waals surface area contributed by atoms with Crippen LogP contribution in [0.3, 0.4) is 0 Å². The fourth-order valence-corrected chi connectivity index (χ4v) is 5.36. The molecule has 0 saturated carbocycles. The van der Waals surface area contributed by atoms with Crippen molar-refractivity contribution in [2.24, 2.45) is 5.41 Å². The van der Waals surface area contributed by atoms with E-state index in [1.807, 2.05) is 20.0 Å². The zero-order chi connectivity index (χ0) is 23.5. The number of piperidine rings is 2. The summed E-state index contributed by atoms with van der Waals surface area (Å²) in [5.41, 5.74) is 1.86. The number of rotatable bonds is 6. The molecule has 2 aliphatic rings. The molecule has 1 aromatic heterocycles. The Morgan fingerprint density at radius 2 is 1.79 bits per heavy atom. The lowest BCUT2D eigenvalue weighted by Crippen LogP contribution is -2.54. The van der Waals surface area contributed by atoms with Gasteiger partial charge in [0, 0.05) is 49.3 Å². The predicted octanol–water partition coefficient (Wildman–Crippen LogP) is 4.05. The first-order chi connectivity index (χ1) is 15.8. The molecule has 2 aromatic rings. The second-order valence-electron chi connectivity index (χ2n) is 10.5. The number of aromatic nitrogens is 2. The molecule has 2 aliphatic heterocycles. The van der Waals surface area contributed by atoms with Gasteiger partial charge in [0.1, 0.15) is 11.6 Å². The van der Waals surface area contributed by atoms with Gasteiger partial charge in [0.15, 0.2) is 0 Å². The van der Waals surface area contributed by atoms with Crippen LogP contribution in [0.4, 0.5) is 5.82 Å². The van der Waals surface area contributed by atoms with Crippen molar-refractivity contribution in [1.29, 1.82) is 0 Å². The van der Waals surface area contributed by atoms with E-state index in [-0.39, 0.29) is 10.8 Å². The number of hydrogen-bond donors (Lipinski definition) is 1. The molecular formula is C27H39N5O. The number of amides is 1. The van der Waals surface area contributed by atoms with E-state index in [2.05, 4.69) is 59.3 Å². The molecule has 1 aromatic carbocycles. The van der Waals surface area contributed by atoms with Crippen LogP contribution in [0.1, 0.15) is 56.6 Å². The first-order valence-electron chi connectivity index (χ1n) is 12.4. The maximum atomic E-state index is 13.7. The van der Waals surface area contributed by atoms with Crippen LogP contribution in [0.2, 0.25) is 0 Å². The van der Waals surface area contributed by atoms with Crippen molar-refractivity contribution in [2.75, 3.05) is 45.1 Å². The molecule has 1 N–H and O–H groups in total. The average Bonchev–Trinajstić information content (AvgIpc) is 2.83. The molecule has 3 heterocycles. The first kappa shape index (κ1) is 23.7. The monoisotopic (exact) mass is 449 g/mol. The first-order valence-corrected chi connectivity index (χ1v) is 12.4. The molecule has 0 spiro atoms. The van der Waals surface area contributed by atoms with Crippen LogP contribution in [-0.4, -0.2) is 65.4 Å². The fraction of sp³-hybridized carbons (Fsp3) is 0.593. The molecule has 0 radical (unpaired) electrons. The highest BCUT2D eigenvalue weighted by molar-refractivity contribution is 5.82. The standard InChI is InChI=1S/C27H39N5O/c1-21-19-23(28-4)30-24(29-21)27(3)12-8-15-32(20-27)25(33)26(2)13-17-31(18-14-26)16-11-22-9-6-5-7-10-22/h5-7,9-10,19H,8,11-18,20H2,1-4H3,(H,28,29,30)/t27-/m0/s1. The molecule has 6 nitrogen and oxygen atoms in total. The van der Waals surface area contributed by atoms with Gasteiger partial charge >= 0.3 is 0 Å². The minimum Gasteiger partial charge on any atom is -0.373 e. The summed E-state index contributed by atoms with van der Waals surface area (Å²) >= 11 is 0. The van der Waals surface area contributed by atoms with E-state index in [0.717, 1.165) is 75.6 Å². The molecule has 2 fully saturated rings. The molecule has 2 saturated heterocycles. The third-order valence-corrected chi connectivity index (χ3v) is 7.67. The van der Waals surface area contributed by atoms with Crippen LogP contribution in [-0.2, 0) is 16.6 Å². The number of likely N-dealkylation sites (tertiary alicyclic amines) is 2. The van der Waals surface area contributed by atoms with E-state index >= 15 is 0 Å². The third kappa shape index (κ3) is 5.37. The van der Waals surface area contributed by atoms with E-state index in [1.165, 1.54) is 5.56 Å². The Hall–Kier alpha value is -2.47. The highest BCUT2D eigenvalue weighted by Crippen LogP contribution is 2.38. The summed E-state index contributed by atoms with van der Waals surface area (Å²) in [6, 6.07) is 12.6. The highest BCUT2D eigenvalue weighted by atomic mass is 16.2. The van der Waals surface area contributed by atoms with Crippen molar-refractivity contribution in [1.82, 2.24) is 19.8 Å². The minimum absolute atomic E-state index is 0.210. The lowest BCUT2D eigenvalue weighted by Gasteiger charge is -2.45. The third-order valence-electron chi connectivity index (χ3n) is 7.67. The molecular weight excluding hydrogens is 410 g/mol. The van der Waals surface area contributed by atoms with Gasteiger partial charge in [-0.1, -0.05) is 44.2 Å². The van der Waals surface area contributed by atoms with Gasteiger partial charge in [-0.3, -0.25) is 4.79 Å². The van der Waals surface area contributed by atoms with E-state index in [0.29, 0.717) is 12.5 Å². The van der Waals surface area contributed by atoms with E-state index in [4.69, 9.17) is 9.97 Å². The molecule has 1 atom stereocenters. The van der Waals surface area contributed by atoms with E-state index in [1.54, 1.807) is 0 Å². The highest BCUT2D eigenvalue weighted by Gasteiger charge is 2.44. The van der Waals surface area contributed by atoms with E-state index in [9.17, 15) is 4.79 Å². The Balaban J connectivity index is 1.38. The number of anilines is 1. The van der Waals surface area contributed by atoms with Gasteiger partial charge in [-0.05, 0) is 57.7 Å². The van der Waals surface area contributed by atoms with Crippen LogP contribution in [0.5, 0.6) is 0 Å². The van der Waals surface area contributed by atoms with Crippen LogP contribution in [0, 0.1) is 12.3 Å². The largest absolute Gasteiger partial charge is 0.373 e. The van der Waals surface area contributed by atoms with Crippen LogP contribution < -0.4 is 5.32 Å². The normalized spacial score (nSPS) is 23.3. The van der Waals surface area contributed by atoms with Gasteiger partial charge in [0.25, 0.3) is 0 Å². The zero-order valence-corrected chi connectivity index (χ0v) is 20.7. The summed E-state index contributed by atoms with van der Waals surface area (Å²) in [6.45, 7) is 11.0. The Labute approximate surface area is 198 Å². The maximum absolute atomic E-state index is 13.7. The molecule has 4 rings (SSSR count). The Kier molecular flexibility index (Phi) is 7.03. The van der Waals surface area contributed by atoms with Crippen molar-refractivity contribution in [3.05, 3.63) is 53.5 Å². The summed E-state index contributed by atoms with van der Waals surface area (Å²) in [7, 11) is 1.89. The minimum atomic E-state index is -0.273. The maximum Gasteiger partial charge on any atom is 0.228 e. The zero-order valence-electron chi connectivity index (χ0n) is 20.7. The summed E-state index contributed by atoms with van der Waals surface area (Å²) in [5.74, 6) is 2.01. The smallest absolute Gasteiger partial charge is 0.228 e. The number of nitrogens with zero attached hydrogens (tertiary/aromatic N) is 4. The molecule has 33 heavy (non-hydrogen) atoms. The van der Waals surface area contributed by atoms with Gasteiger partial charge in [0.05, 0.1) is 0 Å². The van der Waals surface area contributed by atoms with Crippen molar-refractivity contribution >= 4 is 11.7 Å². The Bertz CT molecular complexity index is 954. The second-order valence-corrected chi connectivity index (χ2v) is 10.5. The van der Waals surface area contributed by atoms with Crippen LogP contribution in [0.15, 0.2) is 36.4 Å². The number of carbonyl (C=O) groups is 1. The number of hydrogen-bond acceptors (Lipinski definition) is 5. The molecule has 0 unspecified atom stereocenters. The Morgan fingerprint density at radius 1 is 1.06 bits per heavy atom. The summed E-state index contributed by atoms with van der Waals surface area (Å²) < 4.78 is 0. The molecule has 0 aliphatic carbocycles. The van der Waals surface area contributed by atoms with E-state index < -0.39 is 0 Å². The molecule has 6 heteroatoms. The average molecular weight is 450 g/mol. The summed E-state index contributed by atoms with van der Waals surface area (Å²) in [4.78, 5) is 27.9. The van der Waals surface area contributed by atoms with Gasteiger partial charge in [-0.25, -0.2) is 9.97 Å². The van der Waals surface area contributed by atoms with Crippen molar-refractivity contribution < 1.29 is 4.79 Å². The quantitative estimate of drug-likeness (QED) is 0.721. The fourth-order valence-electron chi connectivity index (χ4n) is 5.36. The second kappa shape index (κ2) is 9.80. The van der Waals surface area contributed by atoms with Crippen molar-refractivity contribution in [3.63, 3.8) is 0 Å². The SMILES string of the molecule is CNc1cc(C)nc([C@@]2(C)CCCN(C(=O)C3(C)CCN(CCc4ccccc4)CC3)C2)n1. The summed E-state index contributed by atoms with van der Waals surface area (Å²) in [5, 5.41) is 3.14. The van der Waals surface area contributed by atoms with Gasteiger partial charge in [0.2, 0.25) is 5.91 Å². The van der Waals surface area contributed by atoms with Gasteiger partial charge < -0.3 is 15.1 Å². The molecule has 0 bridgehead atoms. The number of aryl methyl sites for hydroxylation is 1. The summed E-state index contributed by atoms with van der Waals surface area (Å²) in [6.07, 6.45) is 4.93. The van der Waals surface area contributed by atoms with Crippen molar-refractivity contribution in [2.45, 2.75) is 58.3 Å². The number of nitrogens with one attached hydrogen (secondary N) is 1. The Morgan fingerprint density at radius 3 is 2.48 bits per heavy atom. The van der Waals surface area contributed by atoms with Crippen LogP contribution in [0.25, 0.3) is 0 Å². The van der Waals surface area contributed by atoms with Crippen molar-refractivity contribution in [3.8, 4) is 0 Å². The number of carbonyl (C=O) groups excluding carboxylic acids is 1. The molecule has 1 amide bonds. The predicted molar refractivity (Wildman–Crippen MR) is 133 cm³/mol. The molecule has 178 valence electrons. The topological polar surface area (TPSA) is 61.4 Å².